The molecule has 0 radical (unpaired) electrons. The molecule has 4 aliphatic carbocycles. The summed E-state index contributed by atoms with van der Waals surface area (Å²) in [6, 6.07) is 0. The summed E-state index contributed by atoms with van der Waals surface area (Å²) in [6.07, 6.45) is 6.10. The van der Waals surface area contributed by atoms with Crippen LogP contribution in [-0.2, 0) is 27.2 Å². The highest BCUT2D eigenvalue weighted by molar-refractivity contribution is 7.17. The molecular formula is C21H27NO5S. The molecule has 1 amide bonds. The summed E-state index contributed by atoms with van der Waals surface area (Å²) in [5.41, 5.74) is 1.47. The fraction of sp³-hybridized carbons (Fsp3) is 0.667. The lowest BCUT2D eigenvalue weighted by atomic mass is 9.58. The lowest BCUT2D eigenvalue weighted by Gasteiger charge is -2.45. The first-order chi connectivity index (χ1) is 13.4. The molecule has 0 saturated heterocycles. The Bertz CT molecular complexity index is 806. The molecule has 3 fully saturated rings. The van der Waals surface area contributed by atoms with E-state index in [1.54, 1.807) is 13.8 Å². The smallest absolute Gasteiger partial charge is 0.341 e. The zero-order valence-electron chi connectivity index (χ0n) is 16.3. The number of anilines is 1. The standard InChI is InChI=1S/C21H27NO5S/c1-10(2)27-21(26)17-13-4-3-5-14(13)28-19(17)22-18(23)15-11-6-8-12(9-7-11)16(15)20(24)25/h10-12,15-16H,3-9H2,1-2H3,(H,22,23)(H,24,25)/t11?,12?,15-,16-/m0/s1. The number of carbonyl (C=O) groups is 3. The van der Waals surface area contributed by atoms with Gasteiger partial charge >= 0.3 is 11.9 Å². The Morgan fingerprint density at radius 3 is 2.32 bits per heavy atom. The molecule has 28 heavy (non-hydrogen) atoms. The summed E-state index contributed by atoms with van der Waals surface area (Å²) < 4.78 is 5.42. The van der Waals surface area contributed by atoms with Gasteiger partial charge in [0.15, 0.2) is 0 Å². The lowest BCUT2D eigenvalue weighted by molar-refractivity contribution is -0.156. The van der Waals surface area contributed by atoms with Crippen LogP contribution in [0.15, 0.2) is 0 Å². The van der Waals surface area contributed by atoms with Crippen molar-refractivity contribution >= 4 is 34.2 Å². The number of carboxylic acid groups (broad SMARTS) is 1. The molecule has 0 unspecified atom stereocenters. The van der Waals surface area contributed by atoms with E-state index in [-0.39, 0.29) is 23.8 Å². The van der Waals surface area contributed by atoms with Crippen LogP contribution in [0.2, 0.25) is 0 Å². The van der Waals surface area contributed by atoms with E-state index in [1.807, 2.05) is 0 Å². The molecule has 0 spiro atoms. The van der Waals surface area contributed by atoms with Gasteiger partial charge in [-0.25, -0.2) is 4.79 Å². The number of hydrogen-bond donors (Lipinski definition) is 2. The first-order valence-electron chi connectivity index (χ1n) is 10.3. The minimum Gasteiger partial charge on any atom is -0.481 e. The van der Waals surface area contributed by atoms with Crippen LogP contribution >= 0.6 is 11.3 Å². The van der Waals surface area contributed by atoms with Gasteiger partial charge < -0.3 is 15.2 Å². The van der Waals surface area contributed by atoms with Crippen molar-refractivity contribution in [3.63, 3.8) is 0 Å². The van der Waals surface area contributed by atoms with E-state index in [9.17, 15) is 19.5 Å². The van der Waals surface area contributed by atoms with Crippen LogP contribution in [0.4, 0.5) is 5.00 Å². The third-order valence-corrected chi connectivity index (χ3v) is 7.72. The van der Waals surface area contributed by atoms with Gasteiger partial charge in [0.1, 0.15) is 5.00 Å². The maximum atomic E-state index is 13.2. The van der Waals surface area contributed by atoms with Crippen molar-refractivity contribution < 1.29 is 24.2 Å². The van der Waals surface area contributed by atoms with Crippen molar-refractivity contribution in [2.45, 2.75) is 64.9 Å². The molecule has 6 nitrogen and oxygen atoms in total. The van der Waals surface area contributed by atoms with Gasteiger partial charge in [-0.05, 0) is 76.2 Å². The molecule has 5 rings (SSSR count). The highest BCUT2D eigenvalue weighted by Gasteiger charge is 2.50. The quantitative estimate of drug-likeness (QED) is 0.725. The highest BCUT2D eigenvalue weighted by atomic mass is 32.1. The van der Waals surface area contributed by atoms with Crippen molar-refractivity contribution in [2.24, 2.45) is 23.7 Å². The average Bonchev–Trinajstić information content (AvgIpc) is 3.21. The summed E-state index contributed by atoms with van der Waals surface area (Å²) in [7, 11) is 0. The van der Waals surface area contributed by atoms with E-state index >= 15 is 0 Å². The summed E-state index contributed by atoms with van der Waals surface area (Å²) in [6.45, 7) is 3.61. The molecule has 0 aliphatic heterocycles. The number of aryl methyl sites for hydroxylation is 1. The minimum atomic E-state index is -0.873. The number of carbonyl (C=O) groups excluding carboxylic acids is 2. The van der Waals surface area contributed by atoms with Crippen molar-refractivity contribution in [1.29, 1.82) is 0 Å². The van der Waals surface area contributed by atoms with Gasteiger partial charge in [0.2, 0.25) is 5.91 Å². The molecule has 2 atom stereocenters. The Labute approximate surface area is 168 Å². The number of nitrogens with one attached hydrogen (secondary N) is 1. The van der Waals surface area contributed by atoms with Crippen LogP contribution in [0.1, 0.15) is 66.8 Å². The van der Waals surface area contributed by atoms with Gasteiger partial charge in [0.05, 0.1) is 23.5 Å². The van der Waals surface area contributed by atoms with Gasteiger partial charge in [-0.3, -0.25) is 9.59 Å². The number of ether oxygens (including phenoxy) is 1. The molecule has 3 saturated carbocycles. The molecule has 1 aromatic rings. The molecule has 1 heterocycles. The number of aliphatic carboxylic acids is 1. The Morgan fingerprint density at radius 2 is 1.71 bits per heavy atom. The van der Waals surface area contributed by atoms with Gasteiger partial charge in [-0.2, -0.15) is 0 Å². The number of fused-ring (bicyclic) bond motifs is 4. The van der Waals surface area contributed by atoms with Crippen LogP contribution < -0.4 is 5.32 Å². The maximum Gasteiger partial charge on any atom is 0.341 e. The number of esters is 1. The second-order valence-electron chi connectivity index (χ2n) is 8.57. The fourth-order valence-corrected chi connectivity index (χ4v) is 6.64. The summed E-state index contributed by atoms with van der Waals surface area (Å²) in [5, 5.41) is 13.2. The Morgan fingerprint density at radius 1 is 1.07 bits per heavy atom. The number of amides is 1. The van der Waals surface area contributed by atoms with Crippen molar-refractivity contribution in [3.8, 4) is 0 Å². The second kappa shape index (κ2) is 7.50. The lowest BCUT2D eigenvalue weighted by Crippen LogP contribution is -2.49. The zero-order chi connectivity index (χ0) is 20.0. The monoisotopic (exact) mass is 405 g/mol. The number of hydrogen-bond acceptors (Lipinski definition) is 5. The topological polar surface area (TPSA) is 92.7 Å². The van der Waals surface area contributed by atoms with E-state index in [1.165, 1.54) is 11.3 Å². The molecular weight excluding hydrogens is 378 g/mol. The molecule has 2 N–H and O–H groups in total. The van der Waals surface area contributed by atoms with Gasteiger partial charge in [0.25, 0.3) is 0 Å². The second-order valence-corrected chi connectivity index (χ2v) is 9.67. The van der Waals surface area contributed by atoms with Crippen molar-refractivity contribution in [3.05, 3.63) is 16.0 Å². The molecule has 1 aromatic heterocycles. The maximum absolute atomic E-state index is 13.2. The molecule has 0 aromatic carbocycles. The average molecular weight is 406 g/mol. The van der Waals surface area contributed by atoms with Crippen LogP contribution in [0.25, 0.3) is 0 Å². The van der Waals surface area contributed by atoms with Crippen LogP contribution in [0, 0.1) is 23.7 Å². The minimum absolute atomic E-state index is 0.0805. The number of carboxylic acids is 1. The number of rotatable bonds is 5. The summed E-state index contributed by atoms with van der Waals surface area (Å²) in [5.74, 6) is -2.46. The highest BCUT2D eigenvalue weighted by Crippen LogP contribution is 2.50. The third-order valence-electron chi connectivity index (χ3n) is 6.51. The number of thiophene rings is 1. The van der Waals surface area contributed by atoms with Crippen LogP contribution in [0.5, 0.6) is 0 Å². The fourth-order valence-electron chi connectivity index (χ4n) is 5.36. The van der Waals surface area contributed by atoms with E-state index in [0.29, 0.717) is 10.6 Å². The third kappa shape index (κ3) is 3.34. The molecule has 4 aliphatic rings. The van der Waals surface area contributed by atoms with Gasteiger partial charge in [-0.15, -0.1) is 11.3 Å². The van der Waals surface area contributed by atoms with E-state index in [4.69, 9.17) is 4.74 Å². The Kier molecular flexibility index (Phi) is 5.21. The van der Waals surface area contributed by atoms with E-state index < -0.39 is 23.8 Å². The first-order valence-corrected chi connectivity index (χ1v) is 11.1. The Hall–Kier alpha value is -1.89. The largest absolute Gasteiger partial charge is 0.481 e. The molecule has 7 heteroatoms. The normalized spacial score (nSPS) is 28.2. The van der Waals surface area contributed by atoms with Gasteiger partial charge in [0, 0.05) is 4.88 Å². The predicted molar refractivity (Wildman–Crippen MR) is 106 cm³/mol. The van der Waals surface area contributed by atoms with Crippen LogP contribution in [-0.4, -0.2) is 29.1 Å². The van der Waals surface area contributed by atoms with Crippen molar-refractivity contribution in [2.75, 3.05) is 5.32 Å². The zero-order valence-corrected chi connectivity index (χ0v) is 17.1. The SMILES string of the molecule is CC(C)OC(=O)c1c(NC(=O)[C@H]2C3CCC(CC3)[C@@H]2C(=O)O)sc2c1CCC2. The predicted octanol–water partition coefficient (Wildman–Crippen LogP) is 3.88. The van der Waals surface area contributed by atoms with Gasteiger partial charge in [-0.1, -0.05) is 0 Å². The first kappa shape index (κ1) is 19.4. The Balaban J connectivity index is 1.61. The van der Waals surface area contributed by atoms with Crippen molar-refractivity contribution in [1.82, 2.24) is 0 Å². The van der Waals surface area contributed by atoms with E-state index in [0.717, 1.165) is 55.4 Å². The molecule has 152 valence electrons. The summed E-state index contributed by atoms with van der Waals surface area (Å²) >= 11 is 1.45. The summed E-state index contributed by atoms with van der Waals surface area (Å²) in [4.78, 5) is 38.9. The van der Waals surface area contributed by atoms with Crippen LogP contribution in [0.3, 0.4) is 0 Å². The van der Waals surface area contributed by atoms with E-state index in [2.05, 4.69) is 5.32 Å². The molecule has 2 bridgehead atoms.